The van der Waals surface area contributed by atoms with Gasteiger partial charge in [-0.05, 0) is 46.4 Å². The normalized spacial score (nSPS) is 11.4. The third kappa shape index (κ3) is 3.97. The molecule has 0 bridgehead atoms. The van der Waals surface area contributed by atoms with E-state index < -0.39 is 6.36 Å². The van der Waals surface area contributed by atoms with Crippen LogP contribution >= 0.6 is 34.2 Å². The van der Waals surface area contributed by atoms with E-state index in [2.05, 4.69) is 9.72 Å². The molecule has 0 spiro atoms. The van der Waals surface area contributed by atoms with Crippen molar-refractivity contribution in [3.8, 4) is 16.9 Å². The molecular formula is C12H6ClF3INO. The Labute approximate surface area is 125 Å². The van der Waals surface area contributed by atoms with Crippen LogP contribution in [0.15, 0.2) is 36.5 Å². The topological polar surface area (TPSA) is 22.1 Å². The van der Waals surface area contributed by atoms with Gasteiger partial charge in [0.25, 0.3) is 0 Å². The lowest BCUT2D eigenvalue weighted by atomic mass is 10.1. The second kappa shape index (κ2) is 5.54. The highest BCUT2D eigenvalue weighted by molar-refractivity contribution is 14.1. The van der Waals surface area contributed by atoms with E-state index >= 15 is 0 Å². The maximum atomic E-state index is 12.2. The molecule has 1 aromatic carbocycles. The number of alkyl halides is 3. The summed E-state index contributed by atoms with van der Waals surface area (Å²) in [5.74, 6) is -0.292. The molecule has 100 valence electrons. The first-order chi connectivity index (χ1) is 8.85. The highest BCUT2D eigenvalue weighted by Gasteiger charge is 2.31. The number of halogens is 5. The van der Waals surface area contributed by atoms with Gasteiger partial charge in [0.2, 0.25) is 0 Å². The molecule has 0 radical (unpaired) electrons. The molecule has 7 heteroatoms. The van der Waals surface area contributed by atoms with E-state index in [-0.39, 0.29) is 10.9 Å². The highest BCUT2D eigenvalue weighted by atomic mass is 127. The first-order valence-electron chi connectivity index (χ1n) is 5.02. The number of aromatic nitrogens is 1. The van der Waals surface area contributed by atoms with Gasteiger partial charge in [-0.25, -0.2) is 4.98 Å². The van der Waals surface area contributed by atoms with E-state index in [0.717, 1.165) is 3.57 Å². The van der Waals surface area contributed by atoms with Gasteiger partial charge in [0.1, 0.15) is 10.9 Å². The van der Waals surface area contributed by atoms with Crippen LogP contribution in [0.25, 0.3) is 11.1 Å². The summed E-state index contributed by atoms with van der Waals surface area (Å²) in [7, 11) is 0. The fourth-order valence-electron chi connectivity index (χ4n) is 1.49. The Hall–Kier alpha value is -1.02. The zero-order valence-corrected chi connectivity index (χ0v) is 12.1. The van der Waals surface area contributed by atoms with E-state index in [4.69, 9.17) is 11.6 Å². The van der Waals surface area contributed by atoms with Gasteiger partial charge < -0.3 is 4.74 Å². The zero-order chi connectivity index (χ0) is 14.0. The Balaban J connectivity index is 2.40. The number of ether oxygens (including phenoxy) is 1. The highest BCUT2D eigenvalue weighted by Crippen LogP contribution is 2.31. The van der Waals surface area contributed by atoms with Crippen molar-refractivity contribution in [3.63, 3.8) is 0 Å². The number of hydrogen-bond donors (Lipinski definition) is 0. The summed E-state index contributed by atoms with van der Waals surface area (Å²) >= 11 is 7.99. The molecule has 2 aromatic rings. The Morgan fingerprint density at radius 2 is 1.95 bits per heavy atom. The van der Waals surface area contributed by atoms with Crippen LogP contribution < -0.4 is 4.74 Å². The van der Waals surface area contributed by atoms with Crippen molar-refractivity contribution in [2.45, 2.75) is 6.36 Å². The lowest BCUT2D eigenvalue weighted by molar-refractivity contribution is -0.274. The predicted octanol–water partition coefficient (Wildman–Crippen LogP) is 4.91. The van der Waals surface area contributed by atoms with Crippen molar-refractivity contribution in [1.29, 1.82) is 0 Å². The van der Waals surface area contributed by atoms with Gasteiger partial charge in [0.15, 0.2) is 0 Å². The summed E-state index contributed by atoms with van der Waals surface area (Å²) in [5, 5.41) is 0.226. The molecule has 0 saturated carbocycles. The summed E-state index contributed by atoms with van der Waals surface area (Å²) in [6, 6.07) is 7.34. The third-order valence-corrected chi connectivity index (χ3v) is 3.08. The van der Waals surface area contributed by atoms with Crippen LogP contribution in [0, 0.1) is 3.57 Å². The third-order valence-electron chi connectivity index (χ3n) is 2.18. The van der Waals surface area contributed by atoms with Gasteiger partial charge in [-0.15, -0.1) is 13.2 Å². The summed E-state index contributed by atoms with van der Waals surface area (Å²) in [6.45, 7) is 0. The molecule has 2 rings (SSSR count). The van der Waals surface area contributed by atoms with Crippen LogP contribution in [-0.2, 0) is 0 Å². The van der Waals surface area contributed by atoms with Crippen molar-refractivity contribution in [2.75, 3.05) is 0 Å². The predicted molar refractivity (Wildman–Crippen MR) is 74.1 cm³/mol. The molecule has 2 nitrogen and oxygen atoms in total. The number of benzene rings is 1. The standard InChI is InChI=1S/C12H6ClF3INO/c13-11-10(5-8(17)6-18-11)7-2-1-3-9(4-7)19-12(14,15)16/h1-6H. The zero-order valence-electron chi connectivity index (χ0n) is 9.21. The molecule has 0 aliphatic carbocycles. The number of pyridine rings is 1. The molecular weight excluding hydrogens is 393 g/mol. The van der Waals surface area contributed by atoms with Crippen LogP contribution in [0.2, 0.25) is 5.15 Å². The van der Waals surface area contributed by atoms with Gasteiger partial charge in [0.05, 0.1) is 0 Å². The van der Waals surface area contributed by atoms with Crippen LogP contribution in [0.1, 0.15) is 0 Å². The maximum Gasteiger partial charge on any atom is 0.573 e. The van der Waals surface area contributed by atoms with Crippen LogP contribution in [0.5, 0.6) is 5.75 Å². The van der Waals surface area contributed by atoms with Crippen LogP contribution in [-0.4, -0.2) is 11.3 Å². The largest absolute Gasteiger partial charge is 0.573 e. The van der Waals surface area contributed by atoms with Gasteiger partial charge in [-0.3, -0.25) is 0 Å². The Bertz CT molecular complexity index is 604. The molecule has 0 unspecified atom stereocenters. The molecule has 0 aliphatic heterocycles. The summed E-state index contributed by atoms with van der Waals surface area (Å²) < 4.78 is 41.2. The molecule has 0 amide bonds. The lowest BCUT2D eigenvalue weighted by Gasteiger charge is -2.10. The summed E-state index contributed by atoms with van der Waals surface area (Å²) in [6.07, 6.45) is -3.14. The second-order valence-electron chi connectivity index (χ2n) is 3.57. The number of hydrogen-bond acceptors (Lipinski definition) is 2. The van der Waals surface area contributed by atoms with Gasteiger partial charge >= 0.3 is 6.36 Å². The van der Waals surface area contributed by atoms with Crippen molar-refractivity contribution in [1.82, 2.24) is 4.98 Å². The minimum Gasteiger partial charge on any atom is -0.406 e. The van der Waals surface area contributed by atoms with Crippen molar-refractivity contribution in [3.05, 3.63) is 45.3 Å². The van der Waals surface area contributed by atoms with E-state index in [1.165, 1.54) is 18.2 Å². The van der Waals surface area contributed by atoms with Gasteiger partial charge in [-0.1, -0.05) is 23.7 Å². The van der Waals surface area contributed by atoms with Crippen LogP contribution in [0.3, 0.4) is 0 Å². The van der Waals surface area contributed by atoms with Crippen molar-refractivity contribution in [2.24, 2.45) is 0 Å². The minimum absolute atomic E-state index is 0.226. The monoisotopic (exact) mass is 399 g/mol. The first kappa shape index (κ1) is 14.4. The molecule has 19 heavy (non-hydrogen) atoms. The van der Waals surface area contributed by atoms with Gasteiger partial charge in [0, 0.05) is 15.3 Å². The molecule has 0 saturated heterocycles. The second-order valence-corrected chi connectivity index (χ2v) is 5.17. The summed E-state index contributed by atoms with van der Waals surface area (Å²) in [4.78, 5) is 3.95. The maximum absolute atomic E-state index is 12.2. The number of rotatable bonds is 2. The van der Waals surface area contributed by atoms with E-state index in [1.807, 2.05) is 22.6 Å². The van der Waals surface area contributed by atoms with E-state index in [9.17, 15) is 13.2 Å². The average molecular weight is 400 g/mol. The number of nitrogens with zero attached hydrogens (tertiary/aromatic N) is 1. The minimum atomic E-state index is -4.72. The first-order valence-corrected chi connectivity index (χ1v) is 6.48. The van der Waals surface area contributed by atoms with E-state index in [0.29, 0.717) is 11.1 Å². The molecule has 0 atom stereocenters. The van der Waals surface area contributed by atoms with E-state index in [1.54, 1.807) is 18.3 Å². The van der Waals surface area contributed by atoms with Crippen molar-refractivity contribution >= 4 is 34.2 Å². The van der Waals surface area contributed by atoms with Gasteiger partial charge in [-0.2, -0.15) is 0 Å². The van der Waals surface area contributed by atoms with Crippen molar-refractivity contribution < 1.29 is 17.9 Å². The quantitative estimate of drug-likeness (QED) is 0.529. The van der Waals surface area contributed by atoms with Crippen LogP contribution in [0.4, 0.5) is 13.2 Å². The molecule has 0 aliphatic rings. The average Bonchev–Trinajstić information content (AvgIpc) is 2.30. The SMILES string of the molecule is FC(F)(F)Oc1cccc(-c2cc(I)cnc2Cl)c1. The Morgan fingerprint density at radius 1 is 1.21 bits per heavy atom. The Morgan fingerprint density at radius 3 is 2.63 bits per heavy atom. The molecule has 0 fully saturated rings. The summed E-state index contributed by atoms with van der Waals surface area (Å²) in [5.41, 5.74) is 1.07. The lowest BCUT2D eigenvalue weighted by Crippen LogP contribution is -2.17. The smallest absolute Gasteiger partial charge is 0.406 e. The molecule has 1 heterocycles. The fourth-order valence-corrected chi connectivity index (χ4v) is 2.15. The molecule has 1 aromatic heterocycles. The Kier molecular flexibility index (Phi) is 4.19. The fraction of sp³-hybridized carbons (Fsp3) is 0.0833. The molecule has 0 N–H and O–H groups in total.